The van der Waals surface area contributed by atoms with E-state index in [1.807, 2.05) is 0 Å². The lowest BCUT2D eigenvalue weighted by Gasteiger charge is -2.34. The second kappa shape index (κ2) is 5.67. The van der Waals surface area contributed by atoms with E-state index in [0.717, 1.165) is 0 Å². The molecule has 0 aromatic rings. The minimum absolute atomic E-state index is 0.0213. The van der Waals surface area contributed by atoms with Crippen LogP contribution in [0, 0.1) is 0 Å². The number of ether oxygens (including phenoxy) is 1. The summed E-state index contributed by atoms with van der Waals surface area (Å²) in [5.74, 6) is -0.292. The number of carbonyl (C=O) groups excluding carboxylic acids is 2. The molecule has 1 rings (SSSR count). The molecule has 0 aromatic heterocycles. The summed E-state index contributed by atoms with van der Waals surface area (Å²) in [7, 11) is 3.03. The van der Waals surface area contributed by atoms with Crippen LogP contribution in [-0.4, -0.2) is 63.2 Å². The van der Waals surface area contributed by atoms with Crippen molar-refractivity contribution in [3.8, 4) is 0 Å². The molecule has 15 heavy (non-hydrogen) atoms. The predicted octanol–water partition coefficient (Wildman–Crippen LogP) is -1.82. The number of piperazine rings is 1. The fraction of sp³-hybridized carbons (Fsp3) is 0.778. The first-order valence-electron chi connectivity index (χ1n) is 4.91. The minimum Gasteiger partial charge on any atom is -0.375 e. The van der Waals surface area contributed by atoms with E-state index in [-0.39, 0.29) is 18.4 Å². The molecule has 0 aromatic carbocycles. The quantitative estimate of drug-likeness (QED) is 0.581. The van der Waals surface area contributed by atoms with Crippen molar-refractivity contribution >= 4 is 11.8 Å². The molecule has 86 valence electrons. The number of hydrogen-bond donors (Lipinski definition) is 2. The lowest BCUT2D eigenvalue weighted by atomic mass is 10.1. The molecule has 6 nitrogen and oxygen atoms in total. The van der Waals surface area contributed by atoms with Gasteiger partial charge in [-0.2, -0.15) is 0 Å². The first kappa shape index (κ1) is 11.9. The fourth-order valence-electron chi connectivity index (χ4n) is 1.61. The minimum atomic E-state index is -0.425. The zero-order valence-corrected chi connectivity index (χ0v) is 9.08. The number of methoxy groups -OCH3 is 1. The molecule has 0 spiro atoms. The zero-order valence-electron chi connectivity index (χ0n) is 9.08. The molecule has 1 atom stereocenters. The predicted molar refractivity (Wildman–Crippen MR) is 54.3 cm³/mol. The van der Waals surface area contributed by atoms with Crippen LogP contribution in [0.25, 0.3) is 0 Å². The van der Waals surface area contributed by atoms with Gasteiger partial charge in [0.1, 0.15) is 12.6 Å². The van der Waals surface area contributed by atoms with Crippen molar-refractivity contribution in [1.82, 2.24) is 15.5 Å². The molecular formula is C9H17N3O3. The number of amides is 2. The summed E-state index contributed by atoms with van der Waals surface area (Å²) in [4.78, 5) is 24.7. The van der Waals surface area contributed by atoms with E-state index >= 15 is 0 Å². The van der Waals surface area contributed by atoms with E-state index < -0.39 is 6.04 Å². The van der Waals surface area contributed by atoms with Crippen LogP contribution < -0.4 is 10.6 Å². The maximum absolute atomic E-state index is 11.6. The zero-order chi connectivity index (χ0) is 11.3. The summed E-state index contributed by atoms with van der Waals surface area (Å²) < 4.78 is 4.78. The van der Waals surface area contributed by atoms with Gasteiger partial charge in [-0.25, -0.2) is 0 Å². The van der Waals surface area contributed by atoms with Crippen molar-refractivity contribution in [1.29, 1.82) is 0 Å². The number of likely N-dealkylation sites (N-methyl/N-ethyl adjacent to an activating group) is 1. The molecule has 0 radical (unpaired) electrons. The molecule has 0 aliphatic carbocycles. The molecule has 6 heteroatoms. The van der Waals surface area contributed by atoms with Gasteiger partial charge < -0.3 is 20.3 Å². The summed E-state index contributed by atoms with van der Waals surface area (Å²) in [5, 5.41) is 5.63. The standard InChI is InChI=1S/C9H17N3O3/c1-10-9(14)7-5-11-3-4-12(7)8(13)6-15-2/h7,11H,3-6H2,1-2H3,(H,10,14). The molecule has 1 unspecified atom stereocenters. The normalized spacial score (nSPS) is 21.2. The summed E-state index contributed by atoms with van der Waals surface area (Å²) >= 11 is 0. The van der Waals surface area contributed by atoms with Crippen LogP contribution in [0.15, 0.2) is 0 Å². The number of rotatable bonds is 3. The van der Waals surface area contributed by atoms with Gasteiger partial charge in [0, 0.05) is 33.8 Å². The Morgan fingerprint density at radius 2 is 2.33 bits per heavy atom. The molecule has 1 aliphatic heterocycles. The second-order valence-electron chi connectivity index (χ2n) is 3.35. The highest BCUT2D eigenvalue weighted by Crippen LogP contribution is 2.04. The van der Waals surface area contributed by atoms with Crippen molar-refractivity contribution in [3.05, 3.63) is 0 Å². The monoisotopic (exact) mass is 215 g/mol. The Balaban J connectivity index is 2.65. The smallest absolute Gasteiger partial charge is 0.249 e. The summed E-state index contributed by atoms with van der Waals surface area (Å²) in [5.41, 5.74) is 0. The van der Waals surface area contributed by atoms with Gasteiger partial charge in [-0.3, -0.25) is 9.59 Å². The molecule has 2 amide bonds. The van der Waals surface area contributed by atoms with Crippen LogP contribution in [0.4, 0.5) is 0 Å². The average Bonchev–Trinajstić information content (AvgIpc) is 2.28. The van der Waals surface area contributed by atoms with Crippen LogP contribution in [-0.2, 0) is 14.3 Å². The Bertz CT molecular complexity index is 245. The van der Waals surface area contributed by atoms with Crippen LogP contribution in [0.3, 0.4) is 0 Å². The molecule has 0 bridgehead atoms. The SMILES string of the molecule is CNC(=O)C1CNCCN1C(=O)COC. The summed E-state index contributed by atoms with van der Waals surface area (Å²) in [6, 6.07) is -0.425. The second-order valence-corrected chi connectivity index (χ2v) is 3.35. The molecule has 1 saturated heterocycles. The lowest BCUT2D eigenvalue weighted by molar-refractivity contribution is -0.144. The fourth-order valence-corrected chi connectivity index (χ4v) is 1.61. The van der Waals surface area contributed by atoms with E-state index in [4.69, 9.17) is 4.74 Å². The Labute approximate surface area is 88.9 Å². The van der Waals surface area contributed by atoms with Crippen molar-refractivity contribution in [2.75, 3.05) is 40.4 Å². The van der Waals surface area contributed by atoms with Crippen LogP contribution >= 0.6 is 0 Å². The molecular weight excluding hydrogens is 198 g/mol. The number of carbonyl (C=O) groups is 2. The van der Waals surface area contributed by atoms with Crippen molar-refractivity contribution in [3.63, 3.8) is 0 Å². The Hall–Kier alpha value is -1.14. The van der Waals surface area contributed by atoms with Gasteiger partial charge in [0.05, 0.1) is 0 Å². The van der Waals surface area contributed by atoms with Crippen molar-refractivity contribution < 1.29 is 14.3 Å². The van der Waals surface area contributed by atoms with Crippen molar-refractivity contribution in [2.45, 2.75) is 6.04 Å². The van der Waals surface area contributed by atoms with E-state index in [2.05, 4.69) is 10.6 Å². The lowest BCUT2D eigenvalue weighted by Crippen LogP contribution is -2.59. The first-order valence-corrected chi connectivity index (χ1v) is 4.91. The molecule has 1 fully saturated rings. The summed E-state index contributed by atoms with van der Waals surface area (Å²) in [6.45, 7) is 1.77. The Morgan fingerprint density at radius 1 is 1.60 bits per heavy atom. The highest BCUT2D eigenvalue weighted by Gasteiger charge is 2.30. The van der Waals surface area contributed by atoms with E-state index in [1.165, 1.54) is 7.11 Å². The summed E-state index contributed by atoms with van der Waals surface area (Å²) in [6.07, 6.45) is 0. The maximum Gasteiger partial charge on any atom is 0.249 e. The van der Waals surface area contributed by atoms with E-state index in [1.54, 1.807) is 11.9 Å². The van der Waals surface area contributed by atoms with Gasteiger partial charge in [0.2, 0.25) is 11.8 Å². The molecule has 0 saturated carbocycles. The van der Waals surface area contributed by atoms with Crippen LogP contribution in [0.1, 0.15) is 0 Å². The van der Waals surface area contributed by atoms with Crippen molar-refractivity contribution in [2.24, 2.45) is 0 Å². The van der Waals surface area contributed by atoms with Gasteiger partial charge in [0.15, 0.2) is 0 Å². The first-order chi connectivity index (χ1) is 7.20. The maximum atomic E-state index is 11.6. The molecule has 1 heterocycles. The third kappa shape index (κ3) is 2.90. The number of nitrogens with zero attached hydrogens (tertiary/aromatic N) is 1. The van der Waals surface area contributed by atoms with Gasteiger partial charge in [-0.1, -0.05) is 0 Å². The highest BCUT2D eigenvalue weighted by molar-refractivity contribution is 5.88. The van der Waals surface area contributed by atoms with Gasteiger partial charge >= 0.3 is 0 Å². The largest absolute Gasteiger partial charge is 0.375 e. The highest BCUT2D eigenvalue weighted by atomic mass is 16.5. The number of hydrogen-bond acceptors (Lipinski definition) is 4. The van der Waals surface area contributed by atoms with E-state index in [0.29, 0.717) is 19.6 Å². The van der Waals surface area contributed by atoms with Crippen LogP contribution in [0.5, 0.6) is 0 Å². The Morgan fingerprint density at radius 3 is 2.93 bits per heavy atom. The molecule has 2 N–H and O–H groups in total. The average molecular weight is 215 g/mol. The van der Waals surface area contributed by atoms with Gasteiger partial charge in [0.25, 0.3) is 0 Å². The molecule has 1 aliphatic rings. The van der Waals surface area contributed by atoms with Gasteiger partial charge in [-0.05, 0) is 0 Å². The number of nitrogens with one attached hydrogen (secondary N) is 2. The topological polar surface area (TPSA) is 70.7 Å². The van der Waals surface area contributed by atoms with Crippen LogP contribution in [0.2, 0.25) is 0 Å². The van der Waals surface area contributed by atoms with Gasteiger partial charge in [-0.15, -0.1) is 0 Å². The third-order valence-electron chi connectivity index (χ3n) is 2.38. The Kier molecular flexibility index (Phi) is 4.51. The third-order valence-corrected chi connectivity index (χ3v) is 2.38. The van der Waals surface area contributed by atoms with E-state index in [9.17, 15) is 9.59 Å².